The minimum absolute atomic E-state index is 0.0825. The van der Waals surface area contributed by atoms with Gasteiger partial charge in [-0.25, -0.2) is 4.98 Å². The smallest absolute Gasteiger partial charge is 0.274 e. The normalized spacial score (nSPS) is 15.8. The second-order valence-electron chi connectivity index (χ2n) is 3.55. The molecule has 15 heavy (non-hydrogen) atoms. The number of aromatic nitrogens is 1. The molecule has 1 N–H and O–H groups in total. The van der Waals surface area contributed by atoms with E-state index in [1.54, 1.807) is 0 Å². The summed E-state index contributed by atoms with van der Waals surface area (Å²) in [5.74, 6) is 0.649. The van der Waals surface area contributed by atoms with E-state index in [2.05, 4.69) is 10.3 Å². The molecule has 6 heteroatoms. The van der Waals surface area contributed by atoms with Crippen LogP contribution in [0, 0.1) is 10.1 Å². The molecule has 2 heterocycles. The largest absolute Gasteiger partial charge is 0.354 e. The number of nitro groups is 1. The third kappa shape index (κ3) is 1.89. The van der Waals surface area contributed by atoms with Gasteiger partial charge < -0.3 is 10.2 Å². The fraction of sp³-hybridized carbons (Fsp3) is 0.444. The van der Waals surface area contributed by atoms with Crippen molar-refractivity contribution in [2.45, 2.75) is 6.04 Å². The number of pyridine rings is 1. The molecule has 6 nitrogen and oxygen atoms in total. The van der Waals surface area contributed by atoms with E-state index < -0.39 is 4.92 Å². The van der Waals surface area contributed by atoms with E-state index in [1.165, 1.54) is 18.3 Å². The standard InChI is InChI=1S/C9H12N4O2/c1-12(8-5-10-6-8)9-4-7(13(14)15)2-3-11-9/h2-4,8,10H,5-6H2,1H3. The Morgan fingerprint density at radius 1 is 1.67 bits per heavy atom. The lowest BCUT2D eigenvalue weighted by molar-refractivity contribution is -0.384. The van der Waals surface area contributed by atoms with Crippen molar-refractivity contribution < 1.29 is 4.92 Å². The van der Waals surface area contributed by atoms with Gasteiger partial charge in [0.2, 0.25) is 0 Å². The fourth-order valence-corrected chi connectivity index (χ4v) is 1.45. The summed E-state index contributed by atoms with van der Waals surface area (Å²) in [6.45, 7) is 1.81. The van der Waals surface area contributed by atoms with Crippen molar-refractivity contribution in [3.05, 3.63) is 28.4 Å². The Hall–Kier alpha value is -1.69. The van der Waals surface area contributed by atoms with Gasteiger partial charge in [0.05, 0.1) is 17.0 Å². The third-order valence-electron chi connectivity index (χ3n) is 2.61. The van der Waals surface area contributed by atoms with Gasteiger partial charge >= 0.3 is 0 Å². The Bertz CT molecular complexity index is 378. The maximum absolute atomic E-state index is 10.6. The molecular formula is C9H12N4O2. The number of likely N-dealkylation sites (N-methyl/N-ethyl adjacent to an activating group) is 1. The van der Waals surface area contributed by atoms with E-state index in [0.717, 1.165) is 13.1 Å². The van der Waals surface area contributed by atoms with Crippen LogP contribution in [0.25, 0.3) is 0 Å². The molecule has 0 aliphatic carbocycles. The number of nitrogens with one attached hydrogen (secondary N) is 1. The summed E-state index contributed by atoms with van der Waals surface area (Å²) < 4.78 is 0. The van der Waals surface area contributed by atoms with Gasteiger partial charge in [-0.15, -0.1) is 0 Å². The van der Waals surface area contributed by atoms with E-state index in [9.17, 15) is 10.1 Å². The molecule has 0 saturated carbocycles. The van der Waals surface area contributed by atoms with E-state index in [1.807, 2.05) is 11.9 Å². The van der Waals surface area contributed by atoms with Crippen LogP contribution in [-0.4, -0.2) is 36.1 Å². The van der Waals surface area contributed by atoms with Crippen LogP contribution in [0.1, 0.15) is 0 Å². The Morgan fingerprint density at radius 2 is 2.40 bits per heavy atom. The Labute approximate surface area is 87.1 Å². The van der Waals surface area contributed by atoms with Gasteiger partial charge in [-0.05, 0) is 0 Å². The van der Waals surface area contributed by atoms with Gasteiger partial charge in [-0.3, -0.25) is 10.1 Å². The van der Waals surface area contributed by atoms with Crippen molar-refractivity contribution in [3.63, 3.8) is 0 Å². The Kier molecular flexibility index (Phi) is 2.51. The predicted molar refractivity (Wildman–Crippen MR) is 56.0 cm³/mol. The quantitative estimate of drug-likeness (QED) is 0.575. The summed E-state index contributed by atoms with van der Waals surface area (Å²) >= 11 is 0. The first-order valence-electron chi connectivity index (χ1n) is 4.72. The van der Waals surface area contributed by atoms with Crippen molar-refractivity contribution in [2.75, 3.05) is 25.0 Å². The summed E-state index contributed by atoms with van der Waals surface area (Å²) in [6, 6.07) is 3.29. The summed E-state index contributed by atoms with van der Waals surface area (Å²) in [5, 5.41) is 13.7. The zero-order valence-electron chi connectivity index (χ0n) is 8.38. The van der Waals surface area contributed by atoms with Crippen molar-refractivity contribution in [1.82, 2.24) is 10.3 Å². The number of hydrogen-bond donors (Lipinski definition) is 1. The van der Waals surface area contributed by atoms with E-state index in [4.69, 9.17) is 0 Å². The van der Waals surface area contributed by atoms with E-state index >= 15 is 0 Å². The Morgan fingerprint density at radius 3 is 2.93 bits per heavy atom. The van der Waals surface area contributed by atoms with Crippen LogP contribution < -0.4 is 10.2 Å². The first-order chi connectivity index (χ1) is 7.18. The van der Waals surface area contributed by atoms with Gasteiger partial charge in [-0.1, -0.05) is 0 Å². The lowest BCUT2D eigenvalue weighted by Crippen LogP contribution is -2.56. The first-order valence-corrected chi connectivity index (χ1v) is 4.72. The lowest BCUT2D eigenvalue weighted by atomic mass is 10.1. The zero-order chi connectivity index (χ0) is 10.8. The topological polar surface area (TPSA) is 71.3 Å². The van der Waals surface area contributed by atoms with Gasteiger partial charge in [0, 0.05) is 32.4 Å². The second-order valence-corrected chi connectivity index (χ2v) is 3.55. The lowest BCUT2D eigenvalue weighted by Gasteiger charge is -2.36. The molecule has 2 rings (SSSR count). The average Bonchev–Trinajstić information content (AvgIpc) is 2.15. The summed E-state index contributed by atoms with van der Waals surface area (Å²) in [7, 11) is 1.90. The van der Waals surface area contributed by atoms with Crippen molar-refractivity contribution in [2.24, 2.45) is 0 Å². The monoisotopic (exact) mass is 208 g/mol. The fourth-order valence-electron chi connectivity index (χ4n) is 1.45. The molecule has 1 saturated heterocycles. The Balaban J connectivity index is 2.19. The molecule has 0 aromatic carbocycles. The average molecular weight is 208 g/mol. The van der Waals surface area contributed by atoms with Gasteiger partial charge in [0.1, 0.15) is 5.82 Å². The third-order valence-corrected chi connectivity index (χ3v) is 2.61. The van der Waals surface area contributed by atoms with Gasteiger partial charge in [-0.2, -0.15) is 0 Å². The molecule has 0 radical (unpaired) electrons. The number of nitrogens with zero attached hydrogens (tertiary/aromatic N) is 3. The molecule has 0 amide bonds. The highest BCUT2D eigenvalue weighted by molar-refractivity contribution is 5.47. The van der Waals surface area contributed by atoms with Crippen LogP contribution in [0.3, 0.4) is 0 Å². The highest BCUT2D eigenvalue weighted by atomic mass is 16.6. The maximum atomic E-state index is 10.6. The van der Waals surface area contributed by atoms with Crippen LogP contribution in [0.15, 0.2) is 18.3 Å². The molecular weight excluding hydrogens is 196 g/mol. The number of anilines is 1. The summed E-state index contributed by atoms with van der Waals surface area (Å²) in [6.07, 6.45) is 1.47. The highest BCUT2D eigenvalue weighted by Crippen LogP contribution is 2.19. The van der Waals surface area contributed by atoms with Crippen LogP contribution in [0.5, 0.6) is 0 Å². The second kappa shape index (κ2) is 3.82. The van der Waals surface area contributed by atoms with Crippen molar-refractivity contribution >= 4 is 11.5 Å². The molecule has 1 aromatic heterocycles. The minimum atomic E-state index is -0.405. The molecule has 0 bridgehead atoms. The summed E-state index contributed by atoms with van der Waals surface area (Å²) in [4.78, 5) is 16.3. The molecule has 1 fully saturated rings. The van der Waals surface area contributed by atoms with Crippen LogP contribution in [-0.2, 0) is 0 Å². The molecule has 80 valence electrons. The number of rotatable bonds is 3. The van der Waals surface area contributed by atoms with Crippen molar-refractivity contribution in [3.8, 4) is 0 Å². The summed E-state index contributed by atoms with van der Waals surface area (Å²) in [5.41, 5.74) is 0.0825. The molecule has 1 aliphatic rings. The SMILES string of the molecule is CN(c1cc([N+](=O)[O-])ccn1)C1CNC1. The molecule has 1 aliphatic heterocycles. The van der Waals surface area contributed by atoms with Crippen LogP contribution in [0.2, 0.25) is 0 Å². The minimum Gasteiger partial charge on any atom is -0.354 e. The molecule has 1 aromatic rings. The first kappa shape index (κ1) is 9.85. The van der Waals surface area contributed by atoms with E-state index in [0.29, 0.717) is 11.9 Å². The molecule has 0 unspecified atom stereocenters. The van der Waals surface area contributed by atoms with Crippen molar-refractivity contribution in [1.29, 1.82) is 0 Å². The van der Waals surface area contributed by atoms with Gasteiger partial charge in [0.25, 0.3) is 5.69 Å². The van der Waals surface area contributed by atoms with Crippen LogP contribution in [0.4, 0.5) is 11.5 Å². The van der Waals surface area contributed by atoms with Gasteiger partial charge in [0.15, 0.2) is 0 Å². The predicted octanol–water partition coefficient (Wildman–Crippen LogP) is 0.398. The molecule has 0 spiro atoms. The molecule has 0 atom stereocenters. The zero-order valence-corrected chi connectivity index (χ0v) is 8.38. The number of hydrogen-bond acceptors (Lipinski definition) is 5. The van der Waals surface area contributed by atoms with E-state index in [-0.39, 0.29) is 5.69 Å². The highest BCUT2D eigenvalue weighted by Gasteiger charge is 2.23. The van der Waals surface area contributed by atoms with Crippen LogP contribution >= 0.6 is 0 Å². The maximum Gasteiger partial charge on any atom is 0.274 e.